The van der Waals surface area contributed by atoms with Gasteiger partial charge in [0.25, 0.3) is 0 Å². The molecule has 0 aliphatic heterocycles. The first-order valence-corrected chi connectivity index (χ1v) is 9.58. The van der Waals surface area contributed by atoms with Gasteiger partial charge < -0.3 is 24.8 Å². The van der Waals surface area contributed by atoms with Crippen molar-refractivity contribution in [3.8, 4) is 11.5 Å². The van der Waals surface area contributed by atoms with E-state index in [-0.39, 0.29) is 24.0 Å². The van der Waals surface area contributed by atoms with E-state index in [0.29, 0.717) is 11.5 Å². The van der Waals surface area contributed by atoms with Gasteiger partial charge in [-0.25, -0.2) is 0 Å². The van der Waals surface area contributed by atoms with E-state index in [0.717, 1.165) is 50.7 Å². The van der Waals surface area contributed by atoms with E-state index in [4.69, 9.17) is 14.2 Å². The van der Waals surface area contributed by atoms with E-state index in [1.54, 1.807) is 21.3 Å². The summed E-state index contributed by atoms with van der Waals surface area (Å²) in [5, 5.41) is 6.57. The number of nitrogens with one attached hydrogen (secondary N) is 2. The number of nitrogens with zero attached hydrogens (tertiary/aromatic N) is 1. The van der Waals surface area contributed by atoms with Crippen LogP contribution in [0.5, 0.6) is 11.5 Å². The summed E-state index contributed by atoms with van der Waals surface area (Å²) in [6.07, 6.45) is 2.98. The molecule has 7 heteroatoms. The van der Waals surface area contributed by atoms with Gasteiger partial charge in [0.2, 0.25) is 0 Å². The molecule has 0 bridgehead atoms. The van der Waals surface area contributed by atoms with Crippen LogP contribution in [-0.2, 0) is 11.2 Å². The number of hydrogen-bond donors (Lipinski definition) is 2. The zero-order valence-corrected chi connectivity index (χ0v) is 19.8. The van der Waals surface area contributed by atoms with Gasteiger partial charge in [0.1, 0.15) is 0 Å². The molecule has 0 radical (unpaired) electrons. The number of hydrogen-bond acceptors (Lipinski definition) is 4. The molecule has 0 heterocycles. The number of guanidine groups is 1. The Labute approximate surface area is 191 Å². The molecule has 0 atom stereocenters. The van der Waals surface area contributed by atoms with Crippen LogP contribution in [-0.4, -0.2) is 47.0 Å². The molecular weight excluding hydrogens is 481 g/mol. The maximum absolute atomic E-state index is 5.71. The normalized spacial score (nSPS) is 10.8. The first kappa shape index (κ1) is 25.0. The van der Waals surface area contributed by atoms with E-state index >= 15 is 0 Å². The number of benzene rings is 2. The van der Waals surface area contributed by atoms with Crippen molar-refractivity contribution in [1.82, 2.24) is 5.32 Å². The van der Waals surface area contributed by atoms with Crippen molar-refractivity contribution in [2.24, 2.45) is 4.99 Å². The quantitative estimate of drug-likeness (QED) is 0.203. The number of methoxy groups -OCH3 is 2. The number of unbranched alkanes of at least 4 members (excludes halogenated alkanes) is 1. The van der Waals surface area contributed by atoms with Crippen molar-refractivity contribution in [2.75, 3.05) is 46.3 Å². The fourth-order valence-electron chi connectivity index (χ4n) is 2.70. The van der Waals surface area contributed by atoms with Crippen molar-refractivity contribution < 1.29 is 14.2 Å². The number of halogens is 1. The minimum absolute atomic E-state index is 0. The molecule has 0 aliphatic carbocycles. The van der Waals surface area contributed by atoms with Gasteiger partial charge in [-0.1, -0.05) is 30.3 Å². The molecule has 2 aromatic carbocycles. The average molecular weight is 513 g/mol. The van der Waals surface area contributed by atoms with Gasteiger partial charge in [-0.15, -0.1) is 24.0 Å². The Balaban J connectivity index is 0.00000420. The Morgan fingerprint density at radius 2 is 1.69 bits per heavy atom. The molecule has 0 spiro atoms. The third kappa shape index (κ3) is 9.36. The van der Waals surface area contributed by atoms with Gasteiger partial charge in [0.05, 0.1) is 20.8 Å². The van der Waals surface area contributed by atoms with Gasteiger partial charge in [-0.05, 0) is 37.0 Å². The molecule has 0 aromatic heterocycles. The zero-order valence-electron chi connectivity index (χ0n) is 17.4. The van der Waals surface area contributed by atoms with Crippen LogP contribution < -0.4 is 20.1 Å². The third-order valence-electron chi connectivity index (χ3n) is 4.26. The average Bonchev–Trinajstić information content (AvgIpc) is 2.75. The van der Waals surface area contributed by atoms with E-state index in [9.17, 15) is 0 Å². The molecule has 160 valence electrons. The molecule has 2 rings (SSSR count). The fraction of sp³-hybridized carbons (Fsp3) is 0.409. The molecule has 0 fully saturated rings. The van der Waals surface area contributed by atoms with Crippen LogP contribution in [0.15, 0.2) is 53.5 Å². The molecule has 2 aromatic rings. The lowest BCUT2D eigenvalue weighted by Gasteiger charge is -2.14. The van der Waals surface area contributed by atoms with Gasteiger partial charge in [0.15, 0.2) is 17.5 Å². The number of anilines is 1. The Bertz CT molecular complexity index is 726. The lowest BCUT2D eigenvalue weighted by Crippen LogP contribution is -2.31. The van der Waals surface area contributed by atoms with Crippen LogP contribution in [0, 0.1) is 0 Å². The van der Waals surface area contributed by atoms with E-state index in [2.05, 4.69) is 39.9 Å². The molecule has 0 amide bonds. The second-order valence-electron chi connectivity index (χ2n) is 6.25. The highest BCUT2D eigenvalue weighted by atomic mass is 127. The summed E-state index contributed by atoms with van der Waals surface area (Å²) in [4.78, 5) is 4.25. The number of ether oxygens (including phenoxy) is 3. The largest absolute Gasteiger partial charge is 0.493 e. The second-order valence-corrected chi connectivity index (χ2v) is 6.25. The first-order chi connectivity index (χ1) is 13.8. The standard InChI is InChI=1S/C22H31N3O3.HI/c1-23-22(25-19-11-12-20(26-2)21(17-19)27-3)24-14-7-8-15-28-16-13-18-9-5-4-6-10-18;/h4-6,9-12,17H,7-8,13-16H2,1-3H3,(H2,23,24,25);1H. The molecule has 0 saturated carbocycles. The minimum Gasteiger partial charge on any atom is -0.493 e. The molecule has 0 aliphatic rings. The van der Waals surface area contributed by atoms with Crippen LogP contribution in [0.25, 0.3) is 0 Å². The van der Waals surface area contributed by atoms with Gasteiger partial charge in [0, 0.05) is 32.0 Å². The van der Waals surface area contributed by atoms with Crippen molar-refractivity contribution in [3.05, 3.63) is 54.1 Å². The summed E-state index contributed by atoms with van der Waals surface area (Å²) in [7, 11) is 5.00. The lowest BCUT2D eigenvalue weighted by molar-refractivity contribution is 0.133. The zero-order chi connectivity index (χ0) is 20.0. The third-order valence-corrected chi connectivity index (χ3v) is 4.26. The van der Waals surface area contributed by atoms with Crippen LogP contribution in [0.2, 0.25) is 0 Å². The predicted molar refractivity (Wildman–Crippen MR) is 130 cm³/mol. The Kier molecular flexibility index (Phi) is 12.9. The van der Waals surface area contributed by atoms with E-state index < -0.39 is 0 Å². The van der Waals surface area contributed by atoms with Crippen LogP contribution in [0.1, 0.15) is 18.4 Å². The molecule has 2 N–H and O–H groups in total. The van der Waals surface area contributed by atoms with Gasteiger partial charge in [-0.3, -0.25) is 4.99 Å². The minimum atomic E-state index is 0. The fourth-order valence-corrected chi connectivity index (χ4v) is 2.70. The summed E-state index contributed by atoms with van der Waals surface area (Å²) in [6.45, 7) is 2.37. The molecular formula is C22H32IN3O3. The number of rotatable bonds is 11. The Hall–Kier alpha value is -2.00. The van der Waals surface area contributed by atoms with Crippen LogP contribution >= 0.6 is 24.0 Å². The maximum Gasteiger partial charge on any atom is 0.195 e. The Morgan fingerprint density at radius 3 is 2.38 bits per heavy atom. The summed E-state index contributed by atoms with van der Waals surface area (Å²) in [5.74, 6) is 2.09. The topological polar surface area (TPSA) is 64.1 Å². The van der Waals surface area contributed by atoms with Crippen molar-refractivity contribution in [2.45, 2.75) is 19.3 Å². The van der Waals surface area contributed by atoms with Gasteiger partial charge >= 0.3 is 0 Å². The number of aliphatic imine (C=N–C) groups is 1. The summed E-state index contributed by atoms with van der Waals surface area (Å²) in [5.41, 5.74) is 2.20. The molecule has 0 unspecified atom stereocenters. The van der Waals surface area contributed by atoms with E-state index in [1.165, 1.54) is 5.56 Å². The van der Waals surface area contributed by atoms with Crippen molar-refractivity contribution in [3.63, 3.8) is 0 Å². The summed E-state index contributed by atoms with van der Waals surface area (Å²) >= 11 is 0. The van der Waals surface area contributed by atoms with Crippen molar-refractivity contribution >= 4 is 35.6 Å². The first-order valence-electron chi connectivity index (χ1n) is 9.58. The molecule has 29 heavy (non-hydrogen) atoms. The van der Waals surface area contributed by atoms with Crippen LogP contribution in [0.4, 0.5) is 5.69 Å². The highest BCUT2D eigenvalue weighted by molar-refractivity contribution is 14.0. The highest BCUT2D eigenvalue weighted by Crippen LogP contribution is 2.29. The summed E-state index contributed by atoms with van der Waals surface area (Å²) < 4.78 is 16.3. The molecule has 6 nitrogen and oxygen atoms in total. The van der Waals surface area contributed by atoms with E-state index in [1.807, 2.05) is 24.3 Å². The van der Waals surface area contributed by atoms with Gasteiger partial charge in [-0.2, -0.15) is 0 Å². The SMILES string of the molecule is CN=C(NCCCCOCCc1ccccc1)Nc1ccc(OC)c(OC)c1.I. The van der Waals surface area contributed by atoms with Crippen LogP contribution in [0.3, 0.4) is 0 Å². The van der Waals surface area contributed by atoms with Crippen molar-refractivity contribution in [1.29, 1.82) is 0 Å². The Morgan fingerprint density at radius 1 is 0.931 bits per heavy atom. The molecule has 0 saturated heterocycles. The predicted octanol–water partition coefficient (Wildman–Crippen LogP) is 4.35. The maximum atomic E-state index is 5.71. The monoisotopic (exact) mass is 513 g/mol. The lowest BCUT2D eigenvalue weighted by atomic mass is 10.2. The smallest absolute Gasteiger partial charge is 0.195 e. The second kappa shape index (κ2) is 14.9. The summed E-state index contributed by atoms with van der Waals surface area (Å²) in [6, 6.07) is 16.1. The highest BCUT2D eigenvalue weighted by Gasteiger charge is 2.06.